The van der Waals surface area contributed by atoms with Crippen LogP contribution in [0.4, 0.5) is 0 Å². The molecule has 1 amide bonds. The number of nitrogens with zero attached hydrogens (tertiary/aromatic N) is 3. The lowest BCUT2D eigenvalue weighted by molar-refractivity contribution is -0.131. The van der Waals surface area contributed by atoms with Gasteiger partial charge in [0.25, 0.3) is 0 Å². The summed E-state index contributed by atoms with van der Waals surface area (Å²) < 4.78 is 0. The second-order valence-corrected chi connectivity index (χ2v) is 7.66. The maximum absolute atomic E-state index is 12.8. The van der Waals surface area contributed by atoms with Crippen LogP contribution < -0.4 is 0 Å². The van der Waals surface area contributed by atoms with Crippen molar-refractivity contribution in [3.63, 3.8) is 0 Å². The standard InChI is InChI=1S/C24H22N4O/c1-16-6-5-9-18(12-16)23-22-20-10-11-28(15-19(20)14-25-24(22)27-26-23)21(29)13-17-7-3-2-4-8-17/h2-9,12,14H,10-11,13,15H2,1H3,(H,25,26,27). The molecule has 0 fully saturated rings. The maximum atomic E-state index is 12.8. The van der Waals surface area contributed by atoms with Crippen LogP contribution in [0.3, 0.4) is 0 Å². The molecule has 0 unspecified atom stereocenters. The molecule has 0 aliphatic carbocycles. The first-order valence-corrected chi connectivity index (χ1v) is 9.92. The molecule has 144 valence electrons. The summed E-state index contributed by atoms with van der Waals surface area (Å²) in [5.41, 5.74) is 7.49. The number of hydrogen-bond acceptors (Lipinski definition) is 3. The fourth-order valence-corrected chi connectivity index (χ4v) is 4.15. The summed E-state index contributed by atoms with van der Waals surface area (Å²) in [6, 6.07) is 18.3. The van der Waals surface area contributed by atoms with E-state index in [2.05, 4.69) is 46.4 Å². The smallest absolute Gasteiger partial charge is 0.227 e. The van der Waals surface area contributed by atoms with E-state index in [1.54, 1.807) is 0 Å². The molecule has 1 aliphatic rings. The Kier molecular flexibility index (Phi) is 4.35. The number of carbonyl (C=O) groups is 1. The van der Waals surface area contributed by atoms with Crippen molar-refractivity contribution in [2.75, 3.05) is 6.54 Å². The maximum Gasteiger partial charge on any atom is 0.227 e. The van der Waals surface area contributed by atoms with E-state index in [0.29, 0.717) is 13.0 Å². The quantitative estimate of drug-likeness (QED) is 0.581. The number of H-pyrrole nitrogens is 1. The highest BCUT2D eigenvalue weighted by Gasteiger charge is 2.25. The van der Waals surface area contributed by atoms with Crippen LogP contribution in [0, 0.1) is 6.92 Å². The second-order valence-electron chi connectivity index (χ2n) is 7.66. The van der Waals surface area contributed by atoms with Crippen molar-refractivity contribution in [3.05, 3.63) is 83.0 Å². The second kappa shape index (κ2) is 7.17. The van der Waals surface area contributed by atoms with Gasteiger partial charge in [-0.3, -0.25) is 9.89 Å². The molecule has 2 aromatic heterocycles. The Hall–Kier alpha value is -3.47. The third-order valence-corrected chi connectivity index (χ3v) is 5.63. The number of aromatic amines is 1. The average molecular weight is 382 g/mol. The Morgan fingerprint density at radius 1 is 1.14 bits per heavy atom. The normalized spacial score (nSPS) is 13.5. The van der Waals surface area contributed by atoms with Gasteiger partial charge in [0.1, 0.15) is 0 Å². The van der Waals surface area contributed by atoms with Crippen LogP contribution in [-0.4, -0.2) is 32.5 Å². The van der Waals surface area contributed by atoms with Crippen LogP contribution in [-0.2, 0) is 24.2 Å². The van der Waals surface area contributed by atoms with Gasteiger partial charge in [-0.25, -0.2) is 4.98 Å². The number of pyridine rings is 1. The van der Waals surface area contributed by atoms with Crippen LogP contribution >= 0.6 is 0 Å². The lowest BCUT2D eigenvalue weighted by atomic mass is 9.95. The van der Waals surface area contributed by atoms with Crippen LogP contribution in [0.15, 0.2) is 60.8 Å². The predicted molar refractivity (Wildman–Crippen MR) is 113 cm³/mol. The first-order valence-electron chi connectivity index (χ1n) is 9.92. The first kappa shape index (κ1) is 17.6. The molecule has 29 heavy (non-hydrogen) atoms. The topological polar surface area (TPSA) is 61.9 Å². The molecule has 0 spiro atoms. The summed E-state index contributed by atoms with van der Waals surface area (Å²) in [4.78, 5) is 19.3. The number of hydrogen-bond donors (Lipinski definition) is 1. The Morgan fingerprint density at radius 3 is 2.83 bits per heavy atom. The van der Waals surface area contributed by atoms with Crippen molar-refractivity contribution in [3.8, 4) is 11.3 Å². The highest BCUT2D eigenvalue weighted by atomic mass is 16.2. The molecule has 5 heteroatoms. The van der Waals surface area contributed by atoms with Gasteiger partial charge in [-0.1, -0.05) is 54.1 Å². The molecular weight excluding hydrogens is 360 g/mol. The zero-order valence-corrected chi connectivity index (χ0v) is 16.4. The third kappa shape index (κ3) is 3.29. The van der Waals surface area contributed by atoms with Crippen molar-refractivity contribution in [1.82, 2.24) is 20.1 Å². The average Bonchev–Trinajstić information content (AvgIpc) is 3.19. The summed E-state index contributed by atoms with van der Waals surface area (Å²) in [5.74, 6) is 0.160. The number of rotatable bonds is 3. The first-order chi connectivity index (χ1) is 14.2. The van der Waals surface area contributed by atoms with E-state index in [0.717, 1.165) is 46.4 Å². The lowest BCUT2D eigenvalue weighted by Gasteiger charge is -2.29. The minimum Gasteiger partial charge on any atom is -0.338 e. The van der Waals surface area contributed by atoms with Crippen molar-refractivity contribution in [1.29, 1.82) is 0 Å². The van der Waals surface area contributed by atoms with Crippen LogP contribution in [0.5, 0.6) is 0 Å². The fourth-order valence-electron chi connectivity index (χ4n) is 4.15. The van der Waals surface area contributed by atoms with E-state index in [9.17, 15) is 4.79 Å². The van der Waals surface area contributed by atoms with Gasteiger partial charge in [0.05, 0.1) is 17.5 Å². The molecule has 0 saturated heterocycles. The van der Waals surface area contributed by atoms with E-state index < -0.39 is 0 Å². The van der Waals surface area contributed by atoms with Crippen LogP contribution in [0.1, 0.15) is 22.3 Å². The molecule has 1 N–H and O–H groups in total. The minimum atomic E-state index is 0.160. The molecule has 0 atom stereocenters. The van der Waals surface area contributed by atoms with Gasteiger partial charge in [-0.15, -0.1) is 0 Å². The van der Waals surface area contributed by atoms with E-state index in [4.69, 9.17) is 0 Å². The number of amides is 1. The molecule has 0 bridgehead atoms. The fraction of sp³-hybridized carbons (Fsp3) is 0.208. The zero-order valence-electron chi connectivity index (χ0n) is 16.4. The molecule has 4 aromatic rings. The largest absolute Gasteiger partial charge is 0.338 e. The molecule has 3 heterocycles. The van der Waals surface area contributed by atoms with Gasteiger partial charge < -0.3 is 4.90 Å². The van der Waals surface area contributed by atoms with E-state index in [1.807, 2.05) is 41.4 Å². The number of aryl methyl sites for hydroxylation is 1. The van der Waals surface area contributed by atoms with E-state index >= 15 is 0 Å². The summed E-state index contributed by atoms with van der Waals surface area (Å²) in [7, 11) is 0. The molecule has 0 saturated carbocycles. The molecule has 0 radical (unpaired) electrons. The van der Waals surface area contributed by atoms with E-state index in [-0.39, 0.29) is 5.91 Å². The number of benzene rings is 2. The Morgan fingerprint density at radius 2 is 2.00 bits per heavy atom. The Labute approximate surface area is 169 Å². The van der Waals surface area contributed by atoms with Crippen LogP contribution in [0.2, 0.25) is 0 Å². The monoisotopic (exact) mass is 382 g/mol. The summed E-state index contributed by atoms with van der Waals surface area (Å²) in [6.45, 7) is 3.41. The number of fused-ring (bicyclic) bond motifs is 3. The molecule has 5 rings (SSSR count). The highest BCUT2D eigenvalue weighted by molar-refractivity contribution is 5.94. The minimum absolute atomic E-state index is 0.160. The van der Waals surface area contributed by atoms with E-state index in [1.165, 1.54) is 11.1 Å². The SMILES string of the molecule is Cc1cccc(-c2[nH]nc3ncc4c(c23)CCN(C(=O)Cc2ccccc2)C4)c1. The summed E-state index contributed by atoms with van der Waals surface area (Å²) in [6.07, 6.45) is 3.12. The van der Waals surface area contributed by atoms with Crippen molar-refractivity contribution < 1.29 is 4.79 Å². The van der Waals surface area contributed by atoms with Gasteiger partial charge in [0.15, 0.2) is 5.65 Å². The van der Waals surface area contributed by atoms with Crippen LogP contribution in [0.25, 0.3) is 22.3 Å². The lowest BCUT2D eigenvalue weighted by Crippen LogP contribution is -2.37. The highest BCUT2D eigenvalue weighted by Crippen LogP contribution is 2.33. The Balaban J connectivity index is 1.47. The summed E-state index contributed by atoms with van der Waals surface area (Å²) >= 11 is 0. The molecule has 1 aliphatic heterocycles. The van der Waals surface area contributed by atoms with Crippen molar-refractivity contribution in [2.24, 2.45) is 0 Å². The van der Waals surface area contributed by atoms with Crippen molar-refractivity contribution >= 4 is 16.9 Å². The van der Waals surface area contributed by atoms with Gasteiger partial charge >= 0.3 is 0 Å². The zero-order chi connectivity index (χ0) is 19.8. The van der Waals surface area contributed by atoms with Gasteiger partial charge in [-0.05, 0) is 36.1 Å². The third-order valence-electron chi connectivity index (χ3n) is 5.63. The van der Waals surface area contributed by atoms with Gasteiger partial charge in [0.2, 0.25) is 5.91 Å². The Bertz CT molecular complexity index is 1200. The van der Waals surface area contributed by atoms with Crippen molar-refractivity contribution in [2.45, 2.75) is 26.3 Å². The number of carbonyl (C=O) groups excluding carboxylic acids is 1. The van der Waals surface area contributed by atoms with Gasteiger partial charge in [0, 0.05) is 24.8 Å². The summed E-state index contributed by atoms with van der Waals surface area (Å²) in [5, 5.41) is 8.69. The number of aromatic nitrogens is 3. The molecule has 2 aromatic carbocycles. The molecular formula is C24H22N4O. The molecule has 5 nitrogen and oxygen atoms in total. The van der Waals surface area contributed by atoms with Gasteiger partial charge in [-0.2, -0.15) is 5.10 Å². The predicted octanol–water partition coefficient (Wildman–Crippen LogP) is 4.06. The number of nitrogens with one attached hydrogen (secondary N) is 1.